The molecule has 6 heteroatoms. The van der Waals surface area contributed by atoms with Crippen molar-refractivity contribution in [2.24, 2.45) is 0 Å². The molecule has 1 aromatic carbocycles. The second-order valence-electron chi connectivity index (χ2n) is 2.02. The van der Waals surface area contributed by atoms with Crippen LogP contribution in [0.25, 0.3) is 0 Å². The van der Waals surface area contributed by atoms with Gasteiger partial charge in [-0.05, 0) is 12.1 Å². The quantitative estimate of drug-likeness (QED) is 0.409. The standard InChI is InChI=1S/C6H6FN3O2/c7-9-8-5-1-3-6(4-2-5)10(11)12/h1-4,8-9H. The lowest BCUT2D eigenvalue weighted by Crippen LogP contribution is -2.09. The summed E-state index contributed by atoms with van der Waals surface area (Å²) in [6.45, 7) is 0. The number of benzene rings is 1. The van der Waals surface area contributed by atoms with Gasteiger partial charge >= 0.3 is 0 Å². The summed E-state index contributed by atoms with van der Waals surface area (Å²) in [7, 11) is 0. The number of rotatable bonds is 3. The van der Waals surface area contributed by atoms with Crippen LogP contribution < -0.4 is 11.1 Å². The van der Waals surface area contributed by atoms with E-state index >= 15 is 0 Å². The Morgan fingerprint density at radius 2 is 1.92 bits per heavy atom. The molecule has 1 rings (SSSR count). The van der Waals surface area contributed by atoms with Gasteiger partial charge in [-0.15, -0.1) is 4.48 Å². The van der Waals surface area contributed by atoms with E-state index in [4.69, 9.17) is 0 Å². The van der Waals surface area contributed by atoms with Gasteiger partial charge in [0.1, 0.15) is 0 Å². The Morgan fingerprint density at radius 1 is 1.33 bits per heavy atom. The fraction of sp³-hybridized carbons (Fsp3) is 0. The van der Waals surface area contributed by atoms with Crippen molar-refractivity contribution < 1.29 is 9.40 Å². The molecule has 64 valence electrons. The zero-order valence-corrected chi connectivity index (χ0v) is 5.95. The van der Waals surface area contributed by atoms with E-state index in [-0.39, 0.29) is 5.69 Å². The molecule has 0 aliphatic rings. The lowest BCUT2D eigenvalue weighted by Gasteiger charge is -1.99. The van der Waals surface area contributed by atoms with Gasteiger partial charge in [-0.1, -0.05) is 5.65 Å². The minimum atomic E-state index is -0.521. The lowest BCUT2D eigenvalue weighted by atomic mass is 10.3. The summed E-state index contributed by atoms with van der Waals surface area (Å²) >= 11 is 0. The Morgan fingerprint density at radius 3 is 2.33 bits per heavy atom. The monoisotopic (exact) mass is 171 g/mol. The van der Waals surface area contributed by atoms with Crippen LogP contribution in [0.5, 0.6) is 0 Å². The number of halogens is 1. The lowest BCUT2D eigenvalue weighted by molar-refractivity contribution is -0.384. The molecule has 0 unspecified atom stereocenters. The Kier molecular flexibility index (Phi) is 2.54. The normalized spacial score (nSPS) is 9.42. The maximum Gasteiger partial charge on any atom is 0.269 e. The minimum Gasteiger partial charge on any atom is -0.295 e. The third-order valence-corrected chi connectivity index (χ3v) is 1.27. The molecule has 0 amide bonds. The van der Waals surface area contributed by atoms with Gasteiger partial charge in [0, 0.05) is 12.1 Å². The molecule has 0 bridgehead atoms. The molecule has 0 aliphatic carbocycles. The Bertz CT molecular complexity index is 275. The maximum atomic E-state index is 11.4. The van der Waals surface area contributed by atoms with E-state index in [1.54, 1.807) is 0 Å². The highest BCUT2D eigenvalue weighted by Gasteiger charge is 2.02. The molecular formula is C6H6FN3O2. The molecule has 0 radical (unpaired) electrons. The summed E-state index contributed by atoms with van der Waals surface area (Å²) < 4.78 is 11.4. The summed E-state index contributed by atoms with van der Waals surface area (Å²) in [5.41, 5.74) is 3.74. The molecule has 5 nitrogen and oxygen atoms in total. The molecule has 0 fully saturated rings. The zero-order valence-electron chi connectivity index (χ0n) is 5.95. The van der Waals surface area contributed by atoms with Crippen LogP contribution in [0.1, 0.15) is 0 Å². The Hall–Kier alpha value is -1.69. The van der Waals surface area contributed by atoms with Gasteiger partial charge in [-0.2, -0.15) is 0 Å². The number of nitro benzene ring substituents is 1. The van der Waals surface area contributed by atoms with Crippen molar-refractivity contribution in [1.82, 2.24) is 5.65 Å². The molecule has 12 heavy (non-hydrogen) atoms. The van der Waals surface area contributed by atoms with Crippen molar-refractivity contribution in [2.45, 2.75) is 0 Å². The van der Waals surface area contributed by atoms with Gasteiger partial charge in [0.05, 0.1) is 10.6 Å². The fourth-order valence-corrected chi connectivity index (χ4v) is 0.721. The summed E-state index contributed by atoms with van der Waals surface area (Å²) in [5.74, 6) is 0. The van der Waals surface area contributed by atoms with Crippen LogP contribution in [0, 0.1) is 10.1 Å². The second-order valence-corrected chi connectivity index (χ2v) is 2.02. The fourth-order valence-electron chi connectivity index (χ4n) is 0.721. The first kappa shape index (κ1) is 8.41. The zero-order chi connectivity index (χ0) is 8.97. The minimum absolute atomic E-state index is 0.0283. The van der Waals surface area contributed by atoms with Crippen molar-refractivity contribution >= 4 is 11.4 Å². The number of hydrazine groups is 1. The van der Waals surface area contributed by atoms with Crippen molar-refractivity contribution in [3.05, 3.63) is 34.4 Å². The molecule has 2 N–H and O–H groups in total. The SMILES string of the molecule is O=[N+]([O-])c1ccc(NNF)cc1. The number of nitro groups is 1. The van der Waals surface area contributed by atoms with Crippen LogP contribution in [0.15, 0.2) is 24.3 Å². The van der Waals surface area contributed by atoms with E-state index in [1.807, 2.05) is 0 Å². The highest BCUT2D eigenvalue weighted by atomic mass is 19.2. The molecule has 0 atom stereocenters. The van der Waals surface area contributed by atoms with Crippen molar-refractivity contribution in [1.29, 1.82) is 0 Å². The van der Waals surface area contributed by atoms with E-state index in [2.05, 4.69) is 5.43 Å². The first-order chi connectivity index (χ1) is 5.74. The van der Waals surface area contributed by atoms with Crippen LogP contribution in [0.4, 0.5) is 15.9 Å². The first-order valence-corrected chi connectivity index (χ1v) is 3.10. The van der Waals surface area contributed by atoms with Crippen LogP contribution in [0.2, 0.25) is 0 Å². The summed E-state index contributed by atoms with van der Waals surface area (Å²) in [4.78, 5) is 9.64. The first-order valence-electron chi connectivity index (χ1n) is 3.10. The maximum absolute atomic E-state index is 11.4. The topological polar surface area (TPSA) is 67.2 Å². The van der Waals surface area contributed by atoms with Crippen molar-refractivity contribution in [3.8, 4) is 0 Å². The number of nitrogens with zero attached hydrogens (tertiary/aromatic N) is 1. The highest BCUT2D eigenvalue weighted by Crippen LogP contribution is 2.14. The number of hydrogen-bond acceptors (Lipinski definition) is 4. The van der Waals surface area contributed by atoms with Crippen molar-refractivity contribution in [3.63, 3.8) is 0 Å². The van der Waals surface area contributed by atoms with E-state index in [9.17, 15) is 14.6 Å². The molecule has 0 aromatic heterocycles. The summed E-state index contributed by atoms with van der Waals surface area (Å²) in [6.07, 6.45) is 0. The molecule has 0 spiro atoms. The summed E-state index contributed by atoms with van der Waals surface area (Å²) in [6, 6.07) is 5.34. The van der Waals surface area contributed by atoms with E-state index in [0.717, 1.165) is 0 Å². The van der Waals surface area contributed by atoms with Gasteiger partial charge in [0.2, 0.25) is 0 Å². The average molecular weight is 171 g/mol. The second kappa shape index (κ2) is 3.63. The molecule has 0 saturated heterocycles. The number of non-ortho nitro benzene ring substituents is 1. The van der Waals surface area contributed by atoms with Gasteiger partial charge in [0.15, 0.2) is 0 Å². The Balaban J connectivity index is 2.78. The van der Waals surface area contributed by atoms with Crippen molar-refractivity contribution in [2.75, 3.05) is 5.43 Å². The number of anilines is 1. The molecule has 0 aliphatic heterocycles. The van der Waals surface area contributed by atoms with Crippen LogP contribution in [-0.4, -0.2) is 4.92 Å². The number of nitrogens with one attached hydrogen (secondary N) is 2. The smallest absolute Gasteiger partial charge is 0.269 e. The third kappa shape index (κ3) is 1.89. The van der Waals surface area contributed by atoms with Crippen LogP contribution in [0.3, 0.4) is 0 Å². The molecule has 0 heterocycles. The van der Waals surface area contributed by atoms with E-state index in [1.165, 1.54) is 29.9 Å². The Labute approximate surface area is 67.3 Å². The predicted molar refractivity (Wildman–Crippen MR) is 41.0 cm³/mol. The largest absolute Gasteiger partial charge is 0.295 e. The average Bonchev–Trinajstić information content (AvgIpc) is 2.06. The van der Waals surface area contributed by atoms with Gasteiger partial charge in [-0.3, -0.25) is 15.5 Å². The molecule has 1 aromatic rings. The molecular weight excluding hydrogens is 165 g/mol. The van der Waals surface area contributed by atoms with E-state index < -0.39 is 4.92 Å². The summed E-state index contributed by atoms with van der Waals surface area (Å²) in [5, 5.41) is 10.2. The number of hydrogen-bond donors (Lipinski definition) is 2. The highest BCUT2D eigenvalue weighted by molar-refractivity contribution is 5.47. The predicted octanol–water partition coefficient (Wildman–Crippen LogP) is 1.40. The van der Waals surface area contributed by atoms with E-state index in [0.29, 0.717) is 5.69 Å². The van der Waals surface area contributed by atoms with Gasteiger partial charge in [-0.25, -0.2) is 0 Å². The van der Waals surface area contributed by atoms with Gasteiger partial charge in [0.25, 0.3) is 5.69 Å². The van der Waals surface area contributed by atoms with Gasteiger partial charge < -0.3 is 0 Å². The van der Waals surface area contributed by atoms with Crippen LogP contribution in [-0.2, 0) is 0 Å². The third-order valence-electron chi connectivity index (χ3n) is 1.27. The molecule has 0 saturated carbocycles. The van der Waals surface area contributed by atoms with Crippen LogP contribution >= 0.6 is 0 Å².